The molecule has 8 heteroatoms. The van der Waals surface area contributed by atoms with Gasteiger partial charge in [-0.3, -0.25) is 0 Å². The predicted molar refractivity (Wildman–Crippen MR) is 59.4 cm³/mol. The fourth-order valence-electron chi connectivity index (χ4n) is 1.30. The van der Waals surface area contributed by atoms with Gasteiger partial charge in [0, 0.05) is 5.69 Å². The molecule has 1 atom stereocenters. The van der Waals surface area contributed by atoms with Gasteiger partial charge in [0.1, 0.15) is 5.82 Å². The third-order valence-corrected chi connectivity index (χ3v) is 2.46. The molecular weight excluding hydrogens is 263 g/mol. The van der Waals surface area contributed by atoms with Crippen LogP contribution in [0.1, 0.15) is 18.2 Å². The second kappa shape index (κ2) is 4.76. The molecule has 0 saturated heterocycles. The molecule has 1 rings (SSSR count). The minimum atomic E-state index is -5.02. The summed E-state index contributed by atoms with van der Waals surface area (Å²) >= 11 is 0. The third-order valence-electron chi connectivity index (χ3n) is 2.46. The maximum Gasteiger partial charge on any atom is 0.422 e. The van der Waals surface area contributed by atoms with E-state index in [-0.39, 0.29) is 11.4 Å². The highest BCUT2D eigenvalue weighted by atomic mass is 19.4. The first-order valence-corrected chi connectivity index (χ1v) is 5.07. The van der Waals surface area contributed by atoms with Crippen molar-refractivity contribution in [2.24, 2.45) is 0 Å². The highest BCUT2D eigenvalue weighted by Gasteiger charge is 2.57. The van der Waals surface area contributed by atoms with Crippen molar-refractivity contribution in [2.75, 3.05) is 5.32 Å². The number of aromatic nitrogens is 1. The van der Waals surface area contributed by atoms with Crippen LogP contribution >= 0.6 is 0 Å². The number of nitrogens with zero attached hydrogens (tertiary/aromatic N) is 2. The Morgan fingerprint density at radius 2 is 2.05 bits per heavy atom. The largest absolute Gasteiger partial charge is 0.479 e. The Hall–Kier alpha value is -2.30. The number of rotatable bonds is 3. The first-order valence-electron chi connectivity index (χ1n) is 5.07. The number of carbonyl (C=O) groups is 1. The number of hydrogen-bond donors (Lipinski definition) is 2. The summed E-state index contributed by atoms with van der Waals surface area (Å²) in [6.45, 7) is 1.98. The van der Waals surface area contributed by atoms with E-state index in [0.29, 0.717) is 12.6 Å². The Balaban J connectivity index is 3.23. The second-order valence-corrected chi connectivity index (χ2v) is 4.05. The SMILES string of the molecule is Cc1cc(C#N)cc(NC(C)(C(=O)O)C(F)(F)F)n1. The number of carboxylic acids is 1. The van der Waals surface area contributed by atoms with Gasteiger partial charge in [-0.25, -0.2) is 9.78 Å². The number of nitriles is 1. The lowest BCUT2D eigenvalue weighted by atomic mass is 10.0. The summed E-state index contributed by atoms with van der Waals surface area (Å²) in [5, 5.41) is 19.3. The van der Waals surface area contributed by atoms with E-state index in [1.54, 1.807) is 6.07 Å². The molecule has 0 aliphatic carbocycles. The summed E-state index contributed by atoms with van der Waals surface area (Å²) in [4.78, 5) is 14.6. The molecule has 1 aromatic heterocycles. The van der Waals surface area contributed by atoms with Crippen LogP contribution in [0.2, 0.25) is 0 Å². The maximum absolute atomic E-state index is 12.8. The molecule has 2 N–H and O–H groups in total. The van der Waals surface area contributed by atoms with Crippen LogP contribution < -0.4 is 5.32 Å². The van der Waals surface area contributed by atoms with Crippen LogP contribution in [0.5, 0.6) is 0 Å². The molecule has 0 fully saturated rings. The lowest BCUT2D eigenvalue weighted by molar-refractivity contribution is -0.192. The fraction of sp³-hybridized carbons (Fsp3) is 0.364. The Morgan fingerprint density at radius 1 is 1.47 bits per heavy atom. The Labute approximate surface area is 106 Å². The molecule has 1 unspecified atom stereocenters. The van der Waals surface area contributed by atoms with Crippen molar-refractivity contribution >= 4 is 11.8 Å². The van der Waals surface area contributed by atoms with Crippen LogP contribution in [-0.2, 0) is 4.79 Å². The van der Waals surface area contributed by atoms with E-state index in [4.69, 9.17) is 10.4 Å². The molecule has 0 bridgehead atoms. The summed E-state index contributed by atoms with van der Waals surface area (Å²) in [6.07, 6.45) is -5.02. The molecule has 0 radical (unpaired) electrons. The average Bonchev–Trinajstić information content (AvgIpc) is 2.26. The number of anilines is 1. The molecule has 5 nitrogen and oxygen atoms in total. The molecule has 0 aliphatic rings. The summed E-state index contributed by atoms with van der Waals surface area (Å²) in [6, 6.07) is 4.18. The summed E-state index contributed by atoms with van der Waals surface area (Å²) < 4.78 is 38.4. The third kappa shape index (κ3) is 2.93. The number of aryl methyl sites for hydroxylation is 1. The molecule has 1 aromatic rings. The van der Waals surface area contributed by atoms with Crippen LogP contribution in [0, 0.1) is 18.3 Å². The highest BCUT2D eigenvalue weighted by Crippen LogP contribution is 2.33. The topological polar surface area (TPSA) is 86.0 Å². The minimum absolute atomic E-state index is 0.0879. The zero-order chi connectivity index (χ0) is 14.8. The average molecular weight is 273 g/mol. The van der Waals surface area contributed by atoms with E-state index in [2.05, 4.69) is 4.98 Å². The number of pyridine rings is 1. The van der Waals surface area contributed by atoms with Gasteiger partial charge in [-0.2, -0.15) is 18.4 Å². The van der Waals surface area contributed by atoms with Gasteiger partial charge in [0.05, 0.1) is 11.6 Å². The Kier molecular flexibility index (Phi) is 3.70. The second-order valence-electron chi connectivity index (χ2n) is 4.05. The monoisotopic (exact) mass is 273 g/mol. The summed E-state index contributed by atoms with van der Waals surface area (Å²) in [5.74, 6) is -2.40. The van der Waals surface area contributed by atoms with Crippen molar-refractivity contribution < 1.29 is 23.1 Å². The van der Waals surface area contributed by atoms with Crippen molar-refractivity contribution in [3.63, 3.8) is 0 Å². The molecule has 102 valence electrons. The van der Waals surface area contributed by atoms with Gasteiger partial charge in [0.2, 0.25) is 5.54 Å². The normalized spacial score (nSPS) is 14.3. The van der Waals surface area contributed by atoms with Crippen LogP contribution in [-0.4, -0.2) is 27.8 Å². The molecule has 0 amide bonds. The number of alkyl halides is 3. The number of hydrogen-bond acceptors (Lipinski definition) is 4. The van der Waals surface area contributed by atoms with E-state index in [1.807, 2.05) is 5.32 Å². The predicted octanol–water partition coefficient (Wildman–Crippen LogP) is 2.08. The fourth-order valence-corrected chi connectivity index (χ4v) is 1.30. The lowest BCUT2D eigenvalue weighted by Crippen LogP contribution is -2.55. The van der Waals surface area contributed by atoms with Gasteiger partial charge >= 0.3 is 12.1 Å². The summed E-state index contributed by atoms with van der Waals surface area (Å²) in [5.41, 5.74) is -2.79. The van der Waals surface area contributed by atoms with Crippen molar-refractivity contribution in [2.45, 2.75) is 25.6 Å². The molecule has 19 heavy (non-hydrogen) atoms. The van der Waals surface area contributed by atoms with Crippen LogP contribution in [0.15, 0.2) is 12.1 Å². The van der Waals surface area contributed by atoms with Crippen molar-refractivity contribution in [1.82, 2.24) is 4.98 Å². The smallest absolute Gasteiger partial charge is 0.422 e. The van der Waals surface area contributed by atoms with E-state index in [0.717, 1.165) is 6.07 Å². The lowest BCUT2D eigenvalue weighted by Gasteiger charge is -2.29. The van der Waals surface area contributed by atoms with Crippen molar-refractivity contribution in [3.8, 4) is 6.07 Å². The van der Waals surface area contributed by atoms with Gasteiger partial charge in [0.25, 0.3) is 0 Å². The first kappa shape index (κ1) is 14.8. The number of carboxylic acid groups (broad SMARTS) is 1. The molecule has 0 spiro atoms. The van der Waals surface area contributed by atoms with Gasteiger partial charge in [0.15, 0.2) is 0 Å². The minimum Gasteiger partial charge on any atom is -0.479 e. The Morgan fingerprint density at radius 3 is 2.47 bits per heavy atom. The number of aliphatic carboxylic acids is 1. The van der Waals surface area contributed by atoms with E-state index < -0.39 is 17.7 Å². The standard InChI is InChI=1S/C11H10F3N3O2/c1-6-3-7(5-15)4-8(16-6)17-10(2,9(18)19)11(12,13)14/h3-4H,1-2H3,(H,16,17)(H,18,19). The molecule has 1 heterocycles. The van der Waals surface area contributed by atoms with Crippen molar-refractivity contribution in [3.05, 3.63) is 23.4 Å². The van der Waals surface area contributed by atoms with Crippen molar-refractivity contribution in [1.29, 1.82) is 5.26 Å². The van der Waals surface area contributed by atoms with E-state index >= 15 is 0 Å². The van der Waals surface area contributed by atoms with Gasteiger partial charge < -0.3 is 10.4 Å². The summed E-state index contributed by atoms with van der Waals surface area (Å²) in [7, 11) is 0. The van der Waals surface area contributed by atoms with Crippen LogP contribution in [0.25, 0.3) is 0 Å². The van der Waals surface area contributed by atoms with E-state index in [1.165, 1.54) is 13.0 Å². The quantitative estimate of drug-likeness (QED) is 0.880. The number of halogens is 3. The van der Waals surface area contributed by atoms with Gasteiger partial charge in [-0.15, -0.1) is 0 Å². The van der Waals surface area contributed by atoms with Gasteiger partial charge in [-0.1, -0.05) is 0 Å². The maximum atomic E-state index is 12.8. The zero-order valence-corrected chi connectivity index (χ0v) is 10.0. The Bertz CT molecular complexity index is 551. The molecule has 0 aliphatic heterocycles. The highest BCUT2D eigenvalue weighted by molar-refractivity contribution is 5.83. The van der Waals surface area contributed by atoms with Crippen LogP contribution in [0.3, 0.4) is 0 Å². The van der Waals surface area contributed by atoms with Crippen LogP contribution in [0.4, 0.5) is 19.0 Å². The van der Waals surface area contributed by atoms with E-state index in [9.17, 15) is 18.0 Å². The molecule has 0 aromatic carbocycles. The first-order chi connectivity index (χ1) is 8.60. The number of nitrogens with one attached hydrogen (secondary N) is 1. The molecular formula is C11H10F3N3O2. The molecule has 0 saturated carbocycles. The van der Waals surface area contributed by atoms with Gasteiger partial charge in [-0.05, 0) is 26.0 Å². The zero-order valence-electron chi connectivity index (χ0n) is 10.0.